The molecule has 0 spiro atoms. The second-order valence-electron chi connectivity index (χ2n) is 6.40. The number of aromatic amines is 1. The van der Waals surface area contributed by atoms with Gasteiger partial charge in [0.05, 0.1) is 5.75 Å². The van der Waals surface area contributed by atoms with E-state index in [9.17, 15) is 4.79 Å². The third-order valence-electron chi connectivity index (χ3n) is 4.35. The van der Waals surface area contributed by atoms with Crippen LogP contribution in [0.5, 0.6) is 5.75 Å². The van der Waals surface area contributed by atoms with Crippen molar-refractivity contribution in [3.63, 3.8) is 0 Å². The van der Waals surface area contributed by atoms with Crippen molar-refractivity contribution in [1.29, 1.82) is 0 Å². The van der Waals surface area contributed by atoms with Gasteiger partial charge in [-0.3, -0.25) is 9.89 Å². The second kappa shape index (κ2) is 9.83. The molecule has 1 aliphatic carbocycles. The Kier molecular flexibility index (Phi) is 7.20. The predicted molar refractivity (Wildman–Crippen MR) is 102 cm³/mol. The van der Waals surface area contributed by atoms with Crippen molar-refractivity contribution in [2.45, 2.75) is 43.9 Å². The first-order chi connectivity index (χ1) is 12.7. The molecule has 0 radical (unpaired) electrons. The van der Waals surface area contributed by atoms with Gasteiger partial charge in [0.2, 0.25) is 11.1 Å². The molecule has 1 amide bonds. The summed E-state index contributed by atoms with van der Waals surface area (Å²) in [4.78, 5) is 16.3. The highest BCUT2D eigenvalue weighted by atomic mass is 35.5. The molecular formula is C18H23ClN4O2S. The number of ether oxygens (including phenoxy) is 1. The Balaban J connectivity index is 1.36. The van der Waals surface area contributed by atoms with E-state index in [0.717, 1.165) is 6.54 Å². The number of rotatable bonds is 8. The first-order valence-corrected chi connectivity index (χ1v) is 10.2. The number of hydrogen-bond acceptors (Lipinski definition) is 5. The first-order valence-electron chi connectivity index (χ1n) is 8.88. The molecule has 0 aliphatic heterocycles. The van der Waals surface area contributed by atoms with Gasteiger partial charge in [0.15, 0.2) is 5.82 Å². The summed E-state index contributed by atoms with van der Waals surface area (Å²) in [6, 6.07) is 7.13. The van der Waals surface area contributed by atoms with E-state index in [2.05, 4.69) is 20.5 Å². The Bertz CT molecular complexity index is 701. The molecule has 2 N–H and O–H groups in total. The summed E-state index contributed by atoms with van der Waals surface area (Å²) in [5.41, 5.74) is 0. The Morgan fingerprint density at radius 1 is 1.27 bits per heavy atom. The maximum atomic E-state index is 12.0. The fourth-order valence-corrected chi connectivity index (χ4v) is 3.69. The monoisotopic (exact) mass is 394 g/mol. The van der Waals surface area contributed by atoms with Crippen molar-refractivity contribution in [3.8, 4) is 5.75 Å². The highest BCUT2D eigenvalue weighted by Crippen LogP contribution is 2.23. The van der Waals surface area contributed by atoms with Gasteiger partial charge in [0.1, 0.15) is 12.4 Å². The molecular weight excluding hydrogens is 372 g/mol. The lowest BCUT2D eigenvalue weighted by Gasteiger charge is -2.21. The number of carbonyl (C=O) groups excluding carboxylic acids is 1. The Morgan fingerprint density at radius 3 is 2.81 bits per heavy atom. The molecule has 2 aromatic rings. The number of benzene rings is 1. The summed E-state index contributed by atoms with van der Waals surface area (Å²) in [5.74, 6) is 2.32. The van der Waals surface area contributed by atoms with Crippen LogP contribution in [0.25, 0.3) is 0 Å². The smallest absolute Gasteiger partial charge is 0.230 e. The molecule has 1 heterocycles. The van der Waals surface area contributed by atoms with Crippen LogP contribution in [-0.4, -0.2) is 33.4 Å². The molecule has 1 fully saturated rings. The summed E-state index contributed by atoms with van der Waals surface area (Å²) >= 11 is 7.16. The van der Waals surface area contributed by atoms with Crippen LogP contribution >= 0.6 is 23.4 Å². The van der Waals surface area contributed by atoms with Gasteiger partial charge in [-0.25, -0.2) is 4.98 Å². The van der Waals surface area contributed by atoms with E-state index in [-0.39, 0.29) is 12.5 Å². The third-order valence-corrected chi connectivity index (χ3v) is 5.44. The van der Waals surface area contributed by atoms with E-state index in [1.807, 2.05) is 0 Å². The van der Waals surface area contributed by atoms with Crippen molar-refractivity contribution in [2.24, 2.45) is 5.92 Å². The summed E-state index contributed by atoms with van der Waals surface area (Å²) in [6.45, 7) is 1.07. The van der Waals surface area contributed by atoms with Crippen LogP contribution in [0.1, 0.15) is 37.9 Å². The summed E-state index contributed by atoms with van der Waals surface area (Å²) in [6.07, 6.45) is 6.35. The average Bonchev–Trinajstić information content (AvgIpc) is 3.13. The zero-order chi connectivity index (χ0) is 18.2. The summed E-state index contributed by atoms with van der Waals surface area (Å²) < 4.78 is 5.61. The standard InChI is InChI=1S/C18H23ClN4O2S/c19-14-6-8-15(9-7-14)25-11-16-21-18(23-22-16)26-12-17(24)20-10-13-4-2-1-3-5-13/h6-9,13H,1-5,10-12H2,(H,20,24)(H,21,22,23). The minimum absolute atomic E-state index is 0.0318. The number of thioether (sulfide) groups is 1. The number of carbonyl (C=O) groups is 1. The molecule has 6 nitrogen and oxygen atoms in total. The highest BCUT2D eigenvalue weighted by Gasteiger charge is 2.14. The van der Waals surface area contributed by atoms with E-state index in [4.69, 9.17) is 16.3 Å². The molecule has 3 rings (SSSR count). The number of nitrogens with one attached hydrogen (secondary N) is 2. The van der Waals surface area contributed by atoms with Crippen LogP contribution < -0.4 is 10.1 Å². The number of nitrogens with zero attached hydrogens (tertiary/aromatic N) is 2. The lowest BCUT2D eigenvalue weighted by atomic mass is 9.89. The largest absolute Gasteiger partial charge is 0.486 e. The Hall–Kier alpha value is -1.73. The van der Waals surface area contributed by atoms with Gasteiger partial charge in [0.25, 0.3) is 0 Å². The van der Waals surface area contributed by atoms with Gasteiger partial charge < -0.3 is 10.1 Å². The molecule has 1 aromatic carbocycles. The van der Waals surface area contributed by atoms with Gasteiger partial charge in [0, 0.05) is 11.6 Å². The van der Waals surface area contributed by atoms with Crippen LogP contribution in [0, 0.1) is 5.92 Å². The van der Waals surface area contributed by atoms with Crippen molar-refractivity contribution in [2.75, 3.05) is 12.3 Å². The SMILES string of the molecule is O=C(CSc1n[nH]c(COc2ccc(Cl)cc2)n1)NCC1CCCCC1. The highest BCUT2D eigenvalue weighted by molar-refractivity contribution is 7.99. The molecule has 0 saturated heterocycles. The molecule has 8 heteroatoms. The van der Waals surface area contributed by atoms with E-state index in [0.29, 0.717) is 33.4 Å². The number of aromatic nitrogens is 3. The number of hydrogen-bond donors (Lipinski definition) is 2. The lowest BCUT2D eigenvalue weighted by molar-refractivity contribution is -0.118. The number of amides is 1. The molecule has 1 aromatic heterocycles. The fourth-order valence-electron chi connectivity index (χ4n) is 2.92. The zero-order valence-corrected chi connectivity index (χ0v) is 16.1. The van der Waals surface area contributed by atoms with Crippen molar-refractivity contribution in [1.82, 2.24) is 20.5 Å². The molecule has 1 aliphatic rings. The molecule has 0 unspecified atom stereocenters. The van der Waals surface area contributed by atoms with Gasteiger partial charge in [-0.1, -0.05) is 42.6 Å². The predicted octanol–water partition coefficient (Wildman–Crippen LogP) is 3.83. The van der Waals surface area contributed by atoms with E-state index in [1.54, 1.807) is 24.3 Å². The Labute approximate surface area is 162 Å². The van der Waals surface area contributed by atoms with Gasteiger partial charge in [-0.05, 0) is 43.0 Å². The maximum absolute atomic E-state index is 12.0. The van der Waals surface area contributed by atoms with E-state index < -0.39 is 0 Å². The lowest BCUT2D eigenvalue weighted by Crippen LogP contribution is -2.31. The maximum Gasteiger partial charge on any atom is 0.230 e. The molecule has 26 heavy (non-hydrogen) atoms. The quantitative estimate of drug-likeness (QED) is 0.665. The number of H-pyrrole nitrogens is 1. The van der Waals surface area contributed by atoms with Crippen LogP contribution in [0.4, 0.5) is 0 Å². The van der Waals surface area contributed by atoms with Crippen molar-refractivity contribution in [3.05, 3.63) is 35.1 Å². The topological polar surface area (TPSA) is 79.9 Å². The van der Waals surface area contributed by atoms with Crippen LogP contribution in [0.2, 0.25) is 5.02 Å². The summed E-state index contributed by atoms with van der Waals surface area (Å²) in [7, 11) is 0. The van der Waals surface area contributed by atoms with E-state index in [1.165, 1.54) is 43.9 Å². The van der Waals surface area contributed by atoms with Crippen LogP contribution in [0.15, 0.2) is 29.4 Å². The van der Waals surface area contributed by atoms with Crippen LogP contribution in [0.3, 0.4) is 0 Å². The zero-order valence-electron chi connectivity index (χ0n) is 14.5. The second-order valence-corrected chi connectivity index (χ2v) is 7.78. The van der Waals surface area contributed by atoms with Crippen molar-refractivity contribution >= 4 is 29.3 Å². The number of halogens is 1. The third kappa shape index (κ3) is 6.21. The Morgan fingerprint density at radius 2 is 2.04 bits per heavy atom. The normalized spacial score (nSPS) is 15.0. The van der Waals surface area contributed by atoms with Crippen molar-refractivity contribution < 1.29 is 9.53 Å². The van der Waals surface area contributed by atoms with Gasteiger partial charge in [-0.15, -0.1) is 5.10 Å². The average molecular weight is 395 g/mol. The molecule has 0 bridgehead atoms. The minimum Gasteiger partial charge on any atom is -0.486 e. The summed E-state index contributed by atoms with van der Waals surface area (Å²) in [5, 5.41) is 11.2. The molecule has 1 saturated carbocycles. The van der Waals surface area contributed by atoms with Gasteiger partial charge in [-0.2, -0.15) is 0 Å². The minimum atomic E-state index is 0.0318. The van der Waals surface area contributed by atoms with E-state index >= 15 is 0 Å². The fraction of sp³-hybridized carbons (Fsp3) is 0.500. The molecule has 140 valence electrons. The van der Waals surface area contributed by atoms with Crippen LogP contribution in [-0.2, 0) is 11.4 Å². The van der Waals surface area contributed by atoms with Gasteiger partial charge >= 0.3 is 0 Å². The first kappa shape index (κ1) is 19.0. The molecule has 0 atom stereocenters.